The number of imidazole rings is 1. The average Bonchev–Trinajstić information content (AvgIpc) is 3.16. The number of hydrogen-bond donors (Lipinski definition) is 3. The van der Waals surface area contributed by atoms with E-state index in [2.05, 4.69) is 9.97 Å². The molecule has 1 aromatic carbocycles. The molecule has 0 radical (unpaired) electrons. The summed E-state index contributed by atoms with van der Waals surface area (Å²) in [6.45, 7) is 0. The molecule has 1 aromatic heterocycles. The second kappa shape index (κ2) is 4.54. The normalized spacial score (nSPS) is 18.4. The molecule has 6 heteroatoms. The Bertz CT molecular complexity index is 589. The van der Waals surface area contributed by atoms with Crippen molar-refractivity contribution in [3.8, 4) is 0 Å². The number of para-hydroxylation sites is 2. The number of nitrogens with two attached hydrogens (primary N) is 2. The summed E-state index contributed by atoms with van der Waals surface area (Å²) < 4.78 is 0. The van der Waals surface area contributed by atoms with Crippen LogP contribution in [0, 0.1) is 5.92 Å². The number of carbonyl (C=O) groups is 1. The Balaban J connectivity index is 1.76. The molecular formula is C13H16N4OS. The first-order valence-electron chi connectivity index (χ1n) is 6.26. The molecule has 1 unspecified atom stereocenters. The number of fused-ring (bicyclic) bond motifs is 1. The summed E-state index contributed by atoms with van der Waals surface area (Å²) in [6.07, 6.45) is 1.97. The van der Waals surface area contributed by atoms with Crippen LogP contribution in [0.1, 0.15) is 12.8 Å². The Hall–Kier alpha value is -1.53. The van der Waals surface area contributed by atoms with Gasteiger partial charge in [-0.1, -0.05) is 23.9 Å². The van der Waals surface area contributed by atoms with Gasteiger partial charge in [0, 0.05) is 5.75 Å². The number of rotatable bonds is 5. The van der Waals surface area contributed by atoms with E-state index in [1.807, 2.05) is 24.3 Å². The number of aromatic nitrogens is 2. The number of benzene rings is 1. The van der Waals surface area contributed by atoms with Gasteiger partial charge in [-0.05, 0) is 30.9 Å². The molecule has 1 heterocycles. The van der Waals surface area contributed by atoms with Crippen LogP contribution in [0.4, 0.5) is 0 Å². The lowest BCUT2D eigenvalue weighted by Crippen LogP contribution is -2.56. The third-order valence-electron chi connectivity index (χ3n) is 3.58. The quantitative estimate of drug-likeness (QED) is 0.716. The molecule has 3 rings (SSSR count). The summed E-state index contributed by atoms with van der Waals surface area (Å²) in [5.74, 6) is 0.271. The molecule has 1 aliphatic rings. The number of H-pyrrole nitrogens is 1. The minimum absolute atomic E-state index is 0.224. The fourth-order valence-electron chi connectivity index (χ4n) is 2.17. The lowest BCUT2D eigenvalue weighted by atomic mass is 9.96. The highest BCUT2D eigenvalue weighted by Gasteiger charge is 2.46. The van der Waals surface area contributed by atoms with Crippen molar-refractivity contribution in [3.63, 3.8) is 0 Å². The second-order valence-corrected chi connectivity index (χ2v) is 5.99. The maximum atomic E-state index is 11.5. The first kappa shape index (κ1) is 12.5. The fourth-order valence-corrected chi connectivity index (χ4v) is 3.27. The van der Waals surface area contributed by atoms with Crippen molar-refractivity contribution in [3.05, 3.63) is 24.3 Å². The SMILES string of the molecule is NC(=O)C(N)(CSc1nc2ccccc2[nH]1)C1CC1. The molecule has 100 valence electrons. The molecule has 2 aromatic rings. The number of amides is 1. The summed E-state index contributed by atoms with van der Waals surface area (Å²) in [7, 11) is 0. The standard InChI is InChI=1S/C13H16N4OS/c14-11(18)13(15,8-5-6-8)7-19-12-16-9-3-1-2-4-10(9)17-12/h1-4,8H,5-7,15H2,(H2,14,18)(H,16,17). The van der Waals surface area contributed by atoms with E-state index in [1.54, 1.807) is 0 Å². The molecule has 19 heavy (non-hydrogen) atoms. The monoisotopic (exact) mass is 276 g/mol. The van der Waals surface area contributed by atoms with Crippen LogP contribution >= 0.6 is 11.8 Å². The van der Waals surface area contributed by atoms with Crippen LogP contribution in [-0.2, 0) is 4.79 Å². The Labute approximate surface area is 115 Å². The van der Waals surface area contributed by atoms with E-state index >= 15 is 0 Å². The molecule has 1 fully saturated rings. The summed E-state index contributed by atoms with van der Waals surface area (Å²) >= 11 is 1.46. The topological polar surface area (TPSA) is 97.8 Å². The zero-order valence-electron chi connectivity index (χ0n) is 10.4. The van der Waals surface area contributed by atoms with Crippen molar-refractivity contribution >= 4 is 28.7 Å². The van der Waals surface area contributed by atoms with Crippen LogP contribution in [0.5, 0.6) is 0 Å². The van der Waals surface area contributed by atoms with Crippen LogP contribution in [-0.4, -0.2) is 27.2 Å². The Kier molecular flexibility index (Phi) is 2.99. The number of aromatic amines is 1. The van der Waals surface area contributed by atoms with E-state index in [0.717, 1.165) is 29.0 Å². The van der Waals surface area contributed by atoms with Crippen molar-refractivity contribution < 1.29 is 4.79 Å². The summed E-state index contributed by atoms with van der Waals surface area (Å²) in [5.41, 5.74) is 12.6. The van der Waals surface area contributed by atoms with E-state index in [0.29, 0.717) is 5.75 Å². The molecule has 0 bridgehead atoms. The highest BCUT2D eigenvalue weighted by atomic mass is 32.2. The fraction of sp³-hybridized carbons (Fsp3) is 0.385. The number of nitrogens with zero attached hydrogens (tertiary/aromatic N) is 1. The van der Waals surface area contributed by atoms with Crippen LogP contribution in [0.15, 0.2) is 29.4 Å². The van der Waals surface area contributed by atoms with Gasteiger partial charge in [0.2, 0.25) is 5.91 Å². The average molecular weight is 276 g/mol. The van der Waals surface area contributed by atoms with Gasteiger partial charge in [0.1, 0.15) is 5.54 Å². The first-order chi connectivity index (χ1) is 9.09. The summed E-state index contributed by atoms with van der Waals surface area (Å²) in [5, 5.41) is 0.776. The molecule has 1 amide bonds. The highest BCUT2D eigenvalue weighted by molar-refractivity contribution is 7.99. The van der Waals surface area contributed by atoms with Crippen molar-refractivity contribution in [2.45, 2.75) is 23.5 Å². The van der Waals surface area contributed by atoms with Crippen molar-refractivity contribution in [2.75, 3.05) is 5.75 Å². The zero-order valence-corrected chi connectivity index (χ0v) is 11.2. The minimum atomic E-state index is -0.913. The third-order valence-corrected chi connectivity index (χ3v) is 4.67. The van der Waals surface area contributed by atoms with Gasteiger partial charge in [-0.15, -0.1) is 0 Å². The predicted molar refractivity (Wildman–Crippen MR) is 75.7 cm³/mol. The maximum absolute atomic E-state index is 11.5. The Morgan fingerprint density at radius 2 is 2.21 bits per heavy atom. The molecule has 0 saturated heterocycles. The minimum Gasteiger partial charge on any atom is -0.368 e. The highest BCUT2D eigenvalue weighted by Crippen LogP contribution is 2.40. The predicted octanol–water partition coefficient (Wildman–Crippen LogP) is 1.25. The first-order valence-corrected chi connectivity index (χ1v) is 7.24. The van der Waals surface area contributed by atoms with Gasteiger partial charge in [-0.25, -0.2) is 4.98 Å². The second-order valence-electron chi connectivity index (χ2n) is 5.03. The molecule has 1 atom stereocenters. The molecule has 1 aliphatic carbocycles. The number of primary amides is 1. The summed E-state index contributed by atoms with van der Waals surface area (Å²) in [4.78, 5) is 19.2. The molecule has 5 N–H and O–H groups in total. The zero-order chi connectivity index (χ0) is 13.5. The molecule has 0 aliphatic heterocycles. The van der Waals surface area contributed by atoms with Crippen LogP contribution in [0.25, 0.3) is 11.0 Å². The number of nitrogens with one attached hydrogen (secondary N) is 1. The van der Waals surface area contributed by atoms with Gasteiger partial charge in [0.05, 0.1) is 11.0 Å². The number of carbonyl (C=O) groups excluding carboxylic acids is 1. The number of hydrogen-bond acceptors (Lipinski definition) is 4. The lowest BCUT2D eigenvalue weighted by Gasteiger charge is -2.24. The molecule has 5 nitrogen and oxygen atoms in total. The Morgan fingerprint density at radius 3 is 2.84 bits per heavy atom. The van der Waals surface area contributed by atoms with E-state index in [-0.39, 0.29) is 5.92 Å². The van der Waals surface area contributed by atoms with E-state index in [1.165, 1.54) is 11.8 Å². The van der Waals surface area contributed by atoms with Crippen LogP contribution in [0.2, 0.25) is 0 Å². The molecular weight excluding hydrogens is 260 g/mol. The van der Waals surface area contributed by atoms with Gasteiger partial charge < -0.3 is 16.5 Å². The molecule has 0 spiro atoms. The van der Waals surface area contributed by atoms with Crippen molar-refractivity contribution in [1.29, 1.82) is 0 Å². The summed E-state index contributed by atoms with van der Waals surface area (Å²) in [6, 6.07) is 7.81. The third kappa shape index (κ3) is 2.33. The lowest BCUT2D eigenvalue weighted by molar-refractivity contribution is -0.123. The van der Waals surface area contributed by atoms with Gasteiger partial charge in [0.15, 0.2) is 5.16 Å². The largest absolute Gasteiger partial charge is 0.368 e. The van der Waals surface area contributed by atoms with Gasteiger partial charge in [-0.2, -0.15) is 0 Å². The molecule has 1 saturated carbocycles. The van der Waals surface area contributed by atoms with E-state index in [4.69, 9.17) is 11.5 Å². The van der Waals surface area contributed by atoms with Crippen LogP contribution in [0.3, 0.4) is 0 Å². The maximum Gasteiger partial charge on any atom is 0.238 e. The smallest absolute Gasteiger partial charge is 0.238 e. The van der Waals surface area contributed by atoms with Crippen molar-refractivity contribution in [2.24, 2.45) is 17.4 Å². The van der Waals surface area contributed by atoms with Crippen molar-refractivity contribution in [1.82, 2.24) is 9.97 Å². The van der Waals surface area contributed by atoms with E-state index in [9.17, 15) is 4.79 Å². The van der Waals surface area contributed by atoms with Gasteiger partial charge >= 0.3 is 0 Å². The van der Waals surface area contributed by atoms with E-state index < -0.39 is 11.4 Å². The van der Waals surface area contributed by atoms with Gasteiger partial charge in [-0.3, -0.25) is 4.79 Å². The van der Waals surface area contributed by atoms with Crippen LogP contribution < -0.4 is 11.5 Å². The van der Waals surface area contributed by atoms with Gasteiger partial charge in [0.25, 0.3) is 0 Å². The Morgan fingerprint density at radius 1 is 1.47 bits per heavy atom. The number of thioether (sulfide) groups is 1.